The van der Waals surface area contributed by atoms with E-state index < -0.39 is 0 Å². The summed E-state index contributed by atoms with van der Waals surface area (Å²) in [5, 5.41) is 4.04. The van der Waals surface area contributed by atoms with Crippen molar-refractivity contribution in [3.8, 4) is 0 Å². The van der Waals surface area contributed by atoms with E-state index in [1.165, 1.54) is 16.5 Å². The molecule has 1 amide bonds. The maximum atomic E-state index is 11.5. The van der Waals surface area contributed by atoms with E-state index >= 15 is 0 Å². The molecule has 1 saturated heterocycles. The first kappa shape index (κ1) is 15.1. The van der Waals surface area contributed by atoms with E-state index in [0.29, 0.717) is 12.3 Å². The second kappa shape index (κ2) is 6.53. The van der Waals surface area contributed by atoms with Crippen LogP contribution < -0.4 is 5.32 Å². The van der Waals surface area contributed by atoms with Gasteiger partial charge in [-0.25, -0.2) is 0 Å². The Labute approximate surface area is 132 Å². The molecule has 0 unspecified atom stereocenters. The Hall–Kier alpha value is -1.81. The highest BCUT2D eigenvalue weighted by atomic mass is 16.1. The standard InChI is InChI=1S/C18H25N3O/c1-3-21-9-7-16-10-14(4-5-17(16)21)12-20-8-6-15(13-20)11-18(22)19-2/h4-5,7,9-10,15H,3,6,8,11-13H2,1-2H3,(H,19,22)/t15-/m0/s1. The molecular formula is C18H25N3O. The van der Waals surface area contributed by atoms with Gasteiger partial charge in [-0.2, -0.15) is 0 Å². The second-order valence-electron chi connectivity index (χ2n) is 6.26. The molecule has 1 N–H and O–H groups in total. The Kier molecular flexibility index (Phi) is 4.48. The maximum Gasteiger partial charge on any atom is 0.220 e. The molecule has 0 aliphatic carbocycles. The third-order valence-corrected chi connectivity index (χ3v) is 4.71. The van der Waals surface area contributed by atoms with E-state index in [2.05, 4.69) is 52.2 Å². The van der Waals surface area contributed by atoms with Gasteiger partial charge in [0.15, 0.2) is 0 Å². The molecule has 3 rings (SSSR count). The third-order valence-electron chi connectivity index (χ3n) is 4.71. The van der Waals surface area contributed by atoms with E-state index in [9.17, 15) is 4.79 Å². The van der Waals surface area contributed by atoms with Crippen molar-refractivity contribution in [3.05, 3.63) is 36.0 Å². The van der Waals surface area contributed by atoms with Crippen molar-refractivity contribution < 1.29 is 4.79 Å². The summed E-state index contributed by atoms with van der Waals surface area (Å²) in [6, 6.07) is 8.96. The summed E-state index contributed by atoms with van der Waals surface area (Å²) >= 11 is 0. The number of benzene rings is 1. The molecule has 1 aliphatic heterocycles. The van der Waals surface area contributed by atoms with Crippen LogP contribution in [0.5, 0.6) is 0 Å². The largest absolute Gasteiger partial charge is 0.359 e. The molecule has 0 radical (unpaired) electrons. The predicted molar refractivity (Wildman–Crippen MR) is 89.7 cm³/mol. The number of rotatable bonds is 5. The topological polar surface area (TPSA) is 37.3 Å². The number of nitrogens with zero attached hydrogens (tertiary/aromatic N) is 2. The van der Waals surface area contributed by atoms with E-state index in [-0.39, 0.29) is 5.91 Å². The van der Waals surface area contributed by atoms with Crippen LogP contribution >= 0.6 is 0 Å². The number of aryl methyl sites for hydroxylation is 1. The highest BCUT2D eigenvalue weighted by Crippen LogP contribution is 2.23. The molecule has 1 aliphatic rings. The second-order valence-corrected chi connectivity index (χ2v) is 6.26. The maximum absolute atomic E-state index is 11.5. The highest BCUT2D eigenvalue weighted by Gasteiger charge is 2.24. The Morgan fingerprint density at radius 3 is 3.00 bits per heavy atom. The zero-order valence-electron chi connectivity index (χ0n) is 13.5. The minimum absolute atomic E-state index is 0.161. The van der Waals surface area contributed by atoms with Crippen molar-refractivity contribution in [3.63, 3.8) is 0 Å². The van der Waals surface area contributed by atoms with E-state index in [0.717, 1.165) is 32.6 Å². The summed E-state index contributed by atoms with van der Waals surface area (Å²) in [6.07, 6.45) is 3.94. The van der Waals surface area contributed by atoms with Crippen LogP contribution in [0.15, 0.2) is 30.5 Å². The lowest BCUT2D eigenvalue weighted by molar-refractivity contribution is -0.121. The summed E-state index contributed by atoms with van der Waals surface area (Å²) in [4.78, 5) is 13.9. The molecule has 0 spiro atoms. The van der Waals surface area contributed by atoms with Crippen LogP contribution in [0.4, 0.5) is 0 Å². The summed E-state index contributed by atoms with van der Waals surface area (Å²) in [7, 11) is 1.71. The van der Waals surface area contributed by atoms with Crippen molar-refractivity contribution in [2.24, 2.45) is 5.92 Å². The van der Waals surface area contributed by atoms with Gasteiger partial charge in [-0.1, -0.05) is 6.07 Å². The Morgan fingerprint density at radius 1 is 1.36 bits per heavy atom. The molecule has 2 aromatic rings. The quantitative estimate of drug-likeness (QED) is 0.921. The van der Waals surface area contributed by atoms with Crippen LogP contribution in [0.25, 0.3) is 10.9 Å². The van der Waals surface area contributed by atoms with Gasteiger partial charge in [-0.15, -0.1) is 0 Å². The SMILES string of the molecule is CCn1ccc2cc(CN3CC[C@@H](CC(=O)NC)C3)ccc21. The smallest absolute Gasteiger partial charge is 0.220 e. The number of hydrogen-bond donors (Lipinski definition) is 1. The first-order valence-electron chi connectivity index (χ1n) is 8.20. The third kappa shape index (κ3) is 3.17. The molecule has 118 valence electrons. The number of carbonyl (C=O) groups excluding carboxylic acids is 1. The van der Waals surface area contributed by atoms with Crippen LogP contribution in [-0.4, -0.2) is 35.5 Å². The lowest BCUT2D eigenvalue weighted by Gasteiger charge is -2.16. The summed E-state index contributed by atoms with van der Waals surface area (Å²) in [5.74, 6) is 0.666. The molecular weight excluding hydrogens is 274 g/mol. The molecule has 1 aromatic heterocycles. The molecule has 1 atom stereocenters. The summed E-state index contributed by atoms with van der Waals surface area (Å²) in [5.41, 5.74) is 2.67. The molecule has 1 aromatic carbocycles. The average molecular weight is 299 g/mol. The molecule has 4 heteroatoms. The molecule has 1 fully saturated rings. The van der Waals surface area contributed by atoms with Gasteiger partial charge >= 0.3 is 0 Å². The van der Waals surface area contributed by atoms with Crippen LogP contribution in [-0.2, 0) is 17.9 Å². The van der Waals surface area contributed by atoms with Crippen molar-refractivity contribution >= 4 is 16.8 Å². The van der Waals surface area contributed by atoms with Crippen LogP contribution in [0.1, 0.15) is 25.3 Å². The molecule has 4 nitrogen and oxygen atoms in total. The van der Waals surface area contributed by atoms with Gasteiger partial charge in [0.1, 0.15) is 0 Å². The Balaban J connectivity index is 1.63. The predicted octanol–water partition coefficient (Wildman–Crippen LogP) is 2.62. The number of fused-ring (bicyclic) bond motifs is 1. The molecule has 2 heterocycles. The van der Waals surface area contributed by atoms with Crippen LogP contribution in [0, 0.1) is 5.92 Å². The first-order chi connectivity index (χ1) is 10.7. The fourth-order valence-corrected chi connectivity index (χ4v) is 3.47. The zero-order valence-corrected chi connectivity index (χ0v) is 13.5. The Morgan fingerprint density at radius 2 is 2.23 bits per heavy atom. The summed E-state index contributed by atoms with van der Waals surface area (Å²) < 4.78 is 2.27. The van der Waals surface area contributed by atoms with Crippen molar-refractivity contribution in [1.82, 2.24) is 14.8 Å². The van der Waals surface area contributed by atoms with E-state index in [4.69, 9.17) is 0 Å². The lowest BCUT2D eigenvalue weighted by Crippen LogP contribution is -2.24. The van der Waals surface area contributed by atoms with Crippen molar-refractivity contribution in [2.45, 2.75) is 32.9 Å². The first-order valence-corrected chi connectivity index (χ1v) is 8.20. The van der Waals surface area contributed by atoms with E-state index in [1.54, 1.807) is 7.05 Å². The normalized spacial score (nSPS) is 18.9. The fourth-order valence-electron chi connectivity index (χ4n) is 3.47. The number of aromatic nitrogens is 1. The van der Waals surface area contributed by atoms with Crippen molar-refractivity contribution in [1.29, 1.82) is 0 Å². The molecule has 22 heavy (non-hydrogen) atoms. The van der Waals surface area contributed by atoms with Gasteiger partial charge in [0.25, 0.3) is 0 Å². The average Bonchev–Trinajstić information content (AvgIpc) is 3.13. The van der Waals surface area contributed by atoms with Crippen LogP contribution in [0.2, 0.25) is 0 Å². The zero-order chi connectivity index (χ0) is 15.5. The number of hydrogen-bond acceptors (Lipinski definition) is 2. The van der Waals surface area contributed by atoms with Gasteiger partial charge in [0, 0.05) is 44.8 Å². The van der Waals surface area contributed by atoms with Gasteiger partial charge in [0.2, 0.25) is 5.91 Å². The van der Waals surface area contributed by atoms with E-state index in [1.807, 2.05) is 0 Å². The fraction of sp³-hybridized carbons (Fsp3) is 0.500. The summed E-state index contributed by atoms with van der Waals surface area (Å²) in [6.45, 7) is 6.29. The minimum Gasteiger partial charge on any atom is -0.359 e. The van der Waals surface area contributed by atoms with Gasteiger partial charge in [-0.05, 0) is 55.0 Å². The number of nitrogens with one attached hydrogen (secondary N) is 1. The van der Waals surface area contributed by atoms with Gasteiger partial charge in [-0.3, -0.25) is 9.69 Å². The number of carbonyl (C=O) groups is 1. The van der Waals surface area contributed by atoms with Gasteiger partial charge < -0.3 is 9.88 Å². The highest BCUT2D eigenvalue weighted by molar-refractivity contribution is 5.80. The minimum atomic E-state index is 0.161. The van der Waals surface area contributed by atoms with Gasteiger partial charge in [0.05, 0.1) is 0 Å². The van der Waals surface area contributed by atoms with Crippen LogP contribution in [0.3, 0.4) is 0 Å². The monoisotopic (exact) mass is 299 g/mol. The number of amides is 1. The number of likely N-dealkylation sites (tertiary alicyclic amines) is 1. The molecule has 0 saturated carbocycles. The lowest BCUT2D eigenvalue weighted by atomic mass is 10.0. The molecule has 0 bridgehead atoms. The Bertz CT molecular complexity index is 661. The van der Waals surface area contributed by atoms with Crippen molar-refractivity contribution in [2.75, 3.05) is 20.1 Å².